The summed E-state index contributed by atoms with van der Waals surface area (Å²) in [5, 5.41) is 0. The largest absolute Gasteiger partial charge is 0.436 e. The van der Waals surface area contributed by atoms with Crippen LogP contribution >= 0.6 is 11.8 Å². The zero-order chi connectivity index (χ0) is 11.9. The van der Waals surface area contributed by atoms with Gasteiger partial charge in [0.05, 0.1) is 4.90 Å². The van der Waals surface area contributed by atoms with E-state index in [1.807, 2.05) is 0 Å². The molecule has 1 aromatic rings. The molecule has 16 heavy (non-hydrogen) atoms. The predicted molar refractivity (Wildman–Crippen MR) is 51.5 cm³/mol. The van der Waals surface area contributed by atoms with Gasteiger partial charge in [-0.15, -0.1) is 11.8 Å². The Kier molecular flexibility index (Phi) is 2.83. The molecule has 0 saturated heterocycles. The summed E-state index contributed by atoms with van der Waals surface area (Å²) in [6.07, 6.45) is -3.12. The van der Waals surface area contributed by atoms with Crippen molar-refractivity contribution in [2.75, 3.05) is 5.75 Å². The Morgan fingerprint density at radius 2 is 2.12 bits per heavy atom. The van der Waals surface area contributed by atoms with Crippen molar-refractivity contribution >= 4 is 11.8 Å². The Labute approximate surface area is 93.2 Å². The third-order valence-electron chi connectivity index (χ3n) is 2.35. The van der Waals surface area contributed by atoms with Crippen LogP contribution in [0.15, 0.2) is 11.1 Å². The van der Waals surface area contributed by atoms with Gasteiger partial charge in [0.2, 0.25) is 0 Å². The highest BCUT2D eigenvalue weighted by Crippen LogP contribution is 2.40. The number of hydrogen-bond acceptors (Lipinski definition) is 3. The first-order chi connectivity index (χ1) is 7.41. The Bertz CT molecular complexity index is 419. The topological polar surface area (TPSA) is 38.9 Å². The molecule has 0 fully saturated rings. The van der Waals surface area contributed by atoms with Crippen molar-refractivity contribution in [1.29, 1.82) is 0 Å². The van der Waals surface area contributed by atoms with E-state index >= 15 is 0 Å². The van der Waals surface area contributed by atoms with E-state index < -0.39 is 23.7 Å². The minimum Gasteiger partial charge on any atom is -0.324 e. The molecule has 0 aliphatic carbocycles. The maximum atomic E-state index is 13.6. The molecule has 1 aromatic heterocycles. The second-order valence-electron chi connectivity index (χ2n) is 3.45. The van der Waals surface area contributed by atoms with Crippen LogP contribution in [-0.4, -0.2) is 10.7 Å². The standard InChI is InChI=1S/C9H8F4N2S/c10-6-7-4(5(14)1-2-16-7)3-15-8(6)9(11,12)13/h3,5H,1-2,14H2. The van der Waals surface area contributed by atoms with Crippen LogP contribution in [-0.2, 0) is 6.18 Å². The van der Waals surface area contributed by atoms with Gasteiger partial charge in [-0.05, 0) is 12.2 Å². The first-order valence-corrected chi connectivity index (χ1v) is 5.54. The lowest BCUT2D eigenvalue weighted by molar-refractivity contribution is -0.144. The van der Waals surface area contributed by atoms with E-state index in [0.717, 1.165) is 18.0 Å². The van der Waals surface area contributed by atoms with Gasteiger partial charge in [-0.3, -0.25) is 0 Å². The molecule has 1 aliphatic rings. The Balaban J connectivity index is 2.55. The third kappa shape index (κ3) is 1.89. The summed E-state index contributed by atoms with van der Waals surface area (Å²) in [6.45, 7) is 0. The molecule has 2 N–H and O–H groups in total. The molecule has 2 heterocycles. The van der Waals surface area contributed by atoms with Crippen molar-refractivity contribution in [2.24, 2.45) is 5.73 Å². The number of aromatic nitrogens is 1. The third-order valence-corrected chi connectivity index (χ3v) is 3.49. The number of nitrogens with two attached hydrogens (primary N) is 1. The molecule has 0 saturated carbocycles. The van der Waals surface area contributed by atoms with E-state index in [0.29, 0.717) is 17.7 Å². The van der Waals surface area contributed by atoms with Gasteiger partial charge in [0.15, 0.2) is 11.5 Å². The van der Waals surface area contributed by atoms with Crippen LogP contribution in [0.3, 0.4) is 0 Å². The predicted octanol–water partition coefficient (Wildman–Crippen LogP) is 2.74. The minimum atomic E-state index is -4.76. The summed E-state index contributed by atoms with van der Waals surface area (Å²) in [5.74, 6) is -0.781. The molecule has 0 aromatic carbocycles. The summed E-state index contributed by atoms with van der Waals surface area (Å²) < 4.78 is 50.7. The molecular formula is C9H8F4N2S. The SMILES string of the molecule is NC1CCSc2c1cnc(C(F)(F)F)c2F. The van der Waals surface area contributed by atoms with Crippen molar-refractivity contribution in [3.63, 3.8) is 0 Å². The highest BCUT2D eigenvalue weighted by Gasteiger charge is 2.38. The molecule has 1 aliphatic heterocycles. The average Bonchev–Trinajstić information content (AvgIpc) is 2.18. The highest BCUT2D eigenvalue weighted by molar-refractivity contribution is 7.99. The van der Waals surface area contributed by atoms with E-state index in [1.165, 1.54) is 0 Å². The van der Waals surface area contributed by atoms with Gasteiger partial charge in [0.1, 0.15) is 0 Å². The van der Waals surface area contributed by atoms with E-state index in [-0.39, 0.29) is 4.90 Å². The molecule has 0 radical (unpaired) electrons. The van der Waals surface area contributed by atoms with E-state index in [1.54, 1.807) is 0 Å². The number of halogens is 4. The zero-order valence-electron chi connectivity index (χ0n) is 8.01. The number of alkyl halides is 3. The van der Waals surface area contributed by atoms with Gasteiger partial charge in [-0.25, -0.2) is 9.37 Å². The lowest BCUT2D eigenvalue weighted by atomic mass is 10.1. The molecule has 88 valence electrons. The van der Waals surface area contributed by atoms with Crippen LogP contribution in [0, 0.1) is 5.82 Å². The van der Waals surface area contributed by atoms with Gasteiger partial charge in [-0.2, -0.15) is 13.2 Å². The molecule has 2 rings (SSSR count). The molecule has 1 unspecified atom stereocenters. The summed E-state index contributed by atoms with van der Waals surface area (Å²) >= 11 is 1.05. The van der Waals surface area contributed by atoms with Crippen molar-refractivity contribution < 1.29 is 17.6 Å². The first kappa shape index (κ1) is 11.7. The number of nitrogens with zero attached hydrogens (tertiary/aromatic N) is 1. The number of hydrogen-bond donors (Lipinski definition) is 1. The molecule has 1 atom stereocenters. The molecule has 0 bridgehead atoms. The van der Waals surface area contributed by atoms with Crippen LogP contribution in [0.1, 0.15) is 23.7 Å². The van der Waals surface area contributed by atoms with Crippen LogP contribution < -0.4 is 5.73 Å². The average molecular weight is 252 g/mol. The van der Waals surface area contributed by atoms with Gasteiger partial charge >= 0.3 is 6.18 Å². The lowest BCUT2D eigenvalue weighted by Gasteiger charge is -2.22. The molecular weight excluding hydrogens is 244 g/mol. The van der Waals surface area contributed by atoms with Gasteiger partial charge in [0, 0.05) is 17.8 Å². The fourth-order valence-electron chi connectivity index (χ4n) is 1.54. The normalized spacial score (nSPS) is 20.7. The van der Waals surface area contributed by atoms with Crippen molar-refractivity contribution in [1.82, 2.24) is 4.98 Å². The molecule has 0 spiro atoms. The van der Waals surface area contributed by atoms with Crippen molar-refractivity contribution in [2.45, 2.75) is 23.5 Å². The van der Waals surface area contributed by atoms with Gasteiger partial charge in [0.25, 0.3) is 0 Å². The summed E-state index contributed by atoms with van der Waals surface area (Å²) in [4.78, 5) is 3.11. The fraction of sp³-hybridized carbons (Fsp3) is 0.444. The minimum absolute atomic E-state index is 0.0129. The zero-order valence-corrected chi connectivity index (χ0v) is 8.83. The maximum absolute atomic E-state index is 13.6. The number of thioether (sulfide) groups is 1. The van der Waals surface area contributed by atoms with Gasteiger partial charge < -0.3 is 5.73 Å². The molecule has 7 heteroatoms. The van der Waals surface area contributed by atoms with Crippen LogP contribution in [0.2, 0.25) is 0 Å². The van der Waals surface area contributed by atoms with E-state index in [4.69, 9.17) is 5.73 Å². The number of pyridine rings is 1. The Hall–Kier alpha value is -0.820. The first-order valence-electron chi connectivity index (χ1n) is 4.55. The monoisotopic (exact) mass is 252 g/mol. The molecule has 0 amide bonds. The van der Waals surface area contributed by atoms with E-state index in [2.05, 4.69) is 4.98 Å². The lowest BCUT2D eigenvalue weighted by Crippen LogP contribution is -2.20. The van der Waals surface area contributed by atoms with Crippen molar-refractivity contribution in [3.05, 3.63) is 23.3 Å². The second-order valence-corrected chi connectivity index (χ2v) is 4.55. The quantitative estimate of drug-likeness (QED) is 0.721. The van der Waals surface area contributed by atoms with Crippen LogP contribution in [0.25, 0.3) is 0 Å². The van der Waals surface area contributed by atoms with Gasteiger partial charge in [-0.1, -0.05) is 0 Å². The Morgan fingerprint density at radius 3 is 2.75 bits per heavy atom. The van der Waals surface area contributed by atoms with Crippen LogP contribution in [0.5, 0.6) is 0 Å². The smallest absolute Gasteiger partial charge is 0.324 e. The fourth-order valence-corrected chi connectivity index (χ4v) is 2.71. The van der Waals surface area contributed by atoms with E-state index in [9.17, 15) is 17.6 Å². The summed E-state index contributed by atoms with van der Waals surface area (Å²) in [5.41, 5.74) is 4.57. The number of rotatable bonds is 0. The Morgan fingerprint density at radius 1 is 1.44 bits per heavy atom. The van der Waals surface area contributed by atoms with Crippen molar-refractivity contribution in [3.8, 4) is 0 Å². The molecule has 2 nitrogen and oxygen atoms in total. The summed E-state index contributed by atoms with van der Waals surface area (Å²) in [6, 6.07) is -0.430. The van der Waals surface area contributed by atoms with Crippen LogP contribution in [0.4, 0.5) is 17.6 Å². The highest BCUT2D eigenvalue weighted by atomic mass is 32.2. The number of fused-ring (bicyclic) bond motifs is 1. The summed E-state index contributed by atoms with van der Waals surface area (Å²) in [7, 11) is 0. The second kappa shape index (κ2) is 3.89. The maximum Gasteiger partial charge on any atom is 0.436 e.